The average Bonchev–Trinajstić information content (AvgIpc) is 2.52. The normalized spacial score (nSPS) is 17.6. The minimum absolute atomic E-state index is 0.0489. The first-order chi connectivity index (χ1) is 9.75. The van der Waals surface area contributed by atoms with Gasteiger partial charge in [0.2, 0.25) is 5.91 Å². The standard InChI is InChI=1S/C16H24N2O2/c1-13(15-7-9-20-10-8-15)17-12-16(19)18-11-14-5-3-2-4-6-14/h2-6,13,15,17H,7-12H2,1H3,(H,18,19). The Bertz CT molecular complexity index is 402. The monoisotopic (exact) mass is 276 g/mol. The van der Waals surface area contributed by atoms with Crippen molar-refractivity contribution in [2.45, 2.75) is 32.4 Å². The molecule has 110 valence electrons. The van der Waals surface area contributed by atoms with Crippen LogP contribution in [0.3, 0.4) is 0 Å². The van der Waals surface area contributed by atoms with E-state index in [0.717, 1.165) is 31.6 Å². The first-order valence-corrected chi connectivity index (χ1v) is 7.37. The second-order valence-electron chi connectivity index (χ2n) is 5.38. The van der Waals surface area contributed by atoms with E-state index in [2.05, 4.69) is 17.6 Å². The lowest BCUT2D eigenvalue weighted by molar-refractivity contribution is -0.120. The minimum atomic E-state index is 0.0489. The highest BCUT2D eigenvalue weighted by atomic mass is 16.5. The van der Waals surface area contributed by atoms with Crippen molar-refractivity contribution in [2.75, 3.05) is 19.8 Å². The molecule has 1 heterocycles. The van der Waals surface area contributed by atoms with E-state index in [1.54, 1.807) is 0 Å². The lowest BCUT2D eigenvalue weighted by atomic mass is 9.93. The van der Waals surface area contributed by atoms with Gasteiger partial charge >= 0.3 is 0 Å². The molecule has 4 nitrogen and oxygen atoms in total. The van der Waals surface area contributed by atoms with Gasteiger partial charge in [-0.2, -0.15) is 0 Å². The van der Waals surface area contributed by atoms with Gasteiger partial charge in [-0.3, -0.25) is 4.79 Å². The molecule has 1 amide bonds. The van der Waals surface area contributed by atoms with E-state index >= 15 is 0 Å². The molecule has 1 aliphatic heterocycles. The molecule has 1 fully saturated rings. The van der Waals surface area contributed by atoms with E-state index < -0.39 is 0 Å². The van der Waals surface area contributed by atoms with Crippen molar-refractivity contribution in [3.63, 3.8) is 0 Å². The number of hydrogen-bond donors (Lipinski definition) is 2. The zero-order chi connectivity index (χ0) is 14.2. The van der Waals surface area contributed by atoms with Gasteiger partial charge in [0.1, 0.15) is 0 Å². The number of carbonyl (C=O) groups excluding carboxylic acids is 1. The molecule has 1 atom stereocenters. The van der Waals surface area contributed by atoms with Crippen molar-refractivity contribution in [3.8, 4) is 0 Å². The molecule has 0 radical (unpaired) electrons. The Balaban J connectivity index is 1.64. The van der Waals surface area contributed by atoms with Gasteiger partial charge in [-0.05, 0) is 31.2 Å². The number of carbonyl (C=O) groups is 1. The molecule has 20 heavy (non-hydrogen) atoms. The third-order valence-corrected chi connectivity index (χ3v) is 3.89. The number of rotatable bonds is 6. The summed E-state index contributed by atoms with van der Waals surface area (Å²) in [6.07, 6.45) is 2.17. The number of benzene rings is 1. The fraction of sp³-hybridized carbons (Fsp3) is 0.562. The lowest BCUT2D eigenvalue weighted by Gasteiger charge is -2.28. The maximum atomic E-state index is 11.8. The predicted molar refractivity (Wildman–Crippen MR) is 79.3 cm³/mol. The Kier molecular flexibility index (Phi) is 6.02. The van der Waals surface area contributed by atoms with Crippen LogP contribution in [0.15, 0.2) is 30.3 Å². The fourth-order valence-electron chi connectivity index (χ4n) is 2.50. The maximum absolute atomic E-state index is 11.8. The molecule has 1 aromatic carbocycles. The Morgan fingerprint density at radius 2 is 2.00 bits per heavy atom. The van der Waals surface area contributed by atoms with E-state index in [0.29, 0.717) is 25.0 Å². The molecule has 1 saturated heterocycles. The molecule has 2 rings (SSSR count). The van der Waals surface area contributed by atoms with Gasteiger partial charge in [0, 0.05) is 25.8 Å². The smallest absolute Gasteiger partial charge is 0.234 e. The summed E-state index contributed by atoms with van der Waals surface area (Å²) in [6.45, 7) is 4.81. The van der Waals surface area contributed by atoms with Crippen LogP contribution in [0.5, 0.6) is 0 Å². The van der Waals surface area contributed by atoms with Crippen LogP contribution in [0, 0.1) is 5.92 Å². The average molecular weight is 276 g/mol. The molecule has 4 heteroatoms. The first kappa shape index (κ1) is 15.0. The van der Waals surface area contributed by atoms with Crippen LogP contribution in [0.1, 0.15) is 25.3 Å². The molecule has 0 aromatic heterocycles. The van der Waals surface area contributed by atoms with E-state index in [1.165, 1.54) is 0 Å². The molecular weight excluding hydrogens is 252 g/mol. The van der Waals surface area contributed by atoms with Crippen LogP contribution in [0.2, 0.25) is 0 Å². The number of hydrogen-bond acceptors (Lipinski definition) is 3. The van der Waals surface area contributed by atoms with Crippen molar-refractivity contribution < 1.29 is 9.53 Å². The van der Waals surface area contributed by atoms with Gasteiger partial charge < -0.3 is 15.4 Å². The van der Waals surface area contributed by atoms with Crippen LogP contribution in [0.25, 0.3) is 0 Å². The van der Waals surface area contributed by atoms with E-state index in [4.69, 9.17) is 4.74 Å². The van der Waals surface area contributed by atoms with Gasteiger partial charge in [0.15, 0.2) is 0 Å². The molecule has 0 spiro atoms. The quantitative estimate of drug-likeness (QED) is 0.831. The summed E-state index contributed by atoms with van der Waals surface area (Å²) < 4.78 is 5.36. The van der Waals surface area contributed by atoms with E-state index in [9.17, 15) is 4.79 Å². The lowest BCUT2D eigenvalue weighted by Crippen LogP contribution is -2.42. The van der Waals surface area contributed by atoms with Crippen LogP contribution < -0.4 is 10.6 Å². The largest absolute Gasteiger partial charge is 0.381 e. The Morgan fingerprint density at radius 1 is 1.30 bits per heavy atom. The van der Waals surface area contributed by atoms with Crippen molar-refractivity contribution in [1.29, 1.82) is 0 Å². The number of ether oxygens (including phenoxy) is 1. The molecule has 1 aliphatic rings. The molecule has 0 bridgehead atoms. The van der Waals surface area contributed by atoms with Crippen molar-refractivity contribution in [2.24, 2.45) is 5.92 Å². The Morgan fingerprint density at radius 3 is 2.70 bits per heavy atom. The first-order valence-electron chi connectivity index (χ1n) is 7.37. The molecule has 1 unspecified atom stereocenters. The summed E-state index contributed by atoms with van der Waals surface area (Å²) in [5.41, 5.74) is 1.12. The highest BCUT2D eigenvalue weighted by Gasteiger charge is 2.20. The van der Waals surface area contributed by atoms with Crippen LogP contribution >= 0.6 is 0 Å². The van der Waals surface area contributed by atoms with E-state index in [-0.39, 0.29) is 5.91 Å². The zero-order valence-corrected chi connectivity index (χ0v) is 12.1. The van der Waals surface area contributed by atoms with Crippen molar-refractivity contribution in [1.82, 2.24) is 10.6 Å². The van der Waals surface area contributed by atoms with Gasteiger partial charge in [-0.1, -0.05) is 30.3 Å². The van der Waals surface area contributed by atoms with Crippen molar-refractivity contribution in [3.05, 3.63) is 35.9 Å². The topological polar surface area (TPSA) is 50.4 Å². The Hall–Kier alpha value is -1.39. The third-order valence-electron chi connectivity index (χ3n) is 3.89. The summed E-state index contributed by atoms with van der Waals surface area (Å²) in [7, 11) is 0. The Labute approximate surface area is 120 Å². The van der Waals surface area contributed by atoms with Crippen molar-refractivity contribution >= 4 is 5.91 Å². The SMILES string of the molecule is CC(NCC(=O)NCc1ccccc1)C1CCOCC1. The van der Waals surface area contributed by atoms with Gasteiger partial charge in [-0.15, -0.1) is 0 Å². The predicted octanol–water partition coefficient (Wildman–Crippen LogP) is 1.71. The van der Waals surface area contributed by atoms with Crippen LogP contribution in [0.4, 0.5) is 0 Å². The molecule has 1 aromatic rings. The van der Waals surface area contributed by atoms with Crippen LogP contribution in [-0.2, 0) is 16.1 Å². The van der Waals surface area contributed by atoms with Crippen LogP contribution in [-0.4, -0.2) is 31.7 Å². The van der Waals surface area contributed by atoms with Gasteiger partial charge in [-0.25, -0.2) is 0 Å². The summed E-state index contributed by atoms with van der Waals surface area (Å²) in [5.74, 6) is 0.665. The zero-order valence-electron chi connectivity index (χ0n) is 12.1. The molecule has 0 saturated carbocycles. The summed E-state index contributed by atoms with van der Waals surface area (Å²) in [4.78, 5) is 11.8. The second kappa shape index (κ2) is 8.02. The van der Waals surface area contributed by atoms with Gasteiger partial charge in [0.25, 0.3) is 0 Å². The second-order valence-corrected chi connectivity index (χ2v) is 5.38. The number of nitrogens with one attached hydrogen (secondary N) is 2. The summed E-state index contributed by atoms with van der Waals surface area (Å²) >= 11 is 0. The van der Waals surface area contributed by atoms with Gasteiger partial charge in [0.05, 0.1) is 6.54 Å². The fourth-order valence-corrected chi connectivity index (χ4v) is 2.50. The summed E-state index contributed by atoms with van der Waals surface area (Å²) in [6, 6.07) is 10.3. The maximum Gasteiger partial charge on any atom is 0.234 e. The highest BCUT2D eigenvalue weighted by molar-refractivity contribution is 5.78. The third kappa shape index (κ3) is 4.94. The highest BCUT2D eigenvalue weighted by Crippen LogP contribution is 2.18. The van der Waals surface area contributed by atoms with E-state index in [1.807, 2.05) is 30.3 Å². The number of amides is 1. The minimum Gasteiger partial charge on any atom is -0.381 e. The molecular formula is C16H24N2O2. The molecule has 2 N–H and O–H groups in total. The summed E-state index contributed by atoms with van der Waals surface area (Å²) in [5, 5.41) is 6.25. The molecule has 0 aliphatic carbocycles.